The van der Waals surface area contributed by atoms with Gasteiger partial charge in [-0.1, -0.05) is 59.7 Å². The van der Waals surface area contributed by atoms with E-state index in [-0.39, 0.29) is 11.2 Å². The lowest BCUT2D eigenvalue weighted by Crippen LogP contribution is -2.47. The van der Waals surface area contributed by atoms with E-state index in [1.807, 2.05) is 10.6 Å². The van der Waals surface area contributed by atoms with Crippen LogP contribution in [0.5, 0.6) is 0 Å². The van der Waals surface area contributed by atoms with E-state index in [1.165, 1.54) is 32.9 Å². The van der Waals surface area contributed by atoms with Crippen LogP contribution < -0.4 is 16.1 Å². The van der Waals surface area contributed by atoms with Gasteiger partial charge in [0.1, 0.15) is 0 Å². The fraction of sp³-hybridized carbons (Fsp3) is 0.370. The molecule has 182 valence electrons. The summed E-state index contributed by atoms with van der Waals surface area (Å²) in [4.78, 5) is 35.4. The van der Waals surface area contributed by atoms with Crippen molar-refractivity contribution in [2.75, 3.05) is 31.1 Å². The summed E-state index contributed by atoms with van der Waals surface area (Å²) >= 11 is 0. The number of hydrogen-bond donors (Lipinski definition) is 0. The maximum absolute atomic E-state index is 13.2. The van der Waals surface area contributed by atoms with E-state index in [0.29, 0.717) is 17.7 Å². The normalized spacial score (nSPS) is 14.7. The summed E-state index contributed by atoms with van der Waals surface area (Å²) in [5, 5.41) is 0. The maximum Gasteiger partial charge on any atom is 0.332 e. The van der Waals surface area contributed by atoms with Crippen molar-refractivity contribution >= 4 is 17.1 Å². The van der Waals surface area contributed by atoms with E-state index in [2.05, 4.69) is 66.1 Å². The summed E-state index contributed by atoms with van der Waals surface area (Å²) in [6, 6.07) is 17.0. The second kappa shape index (κ2) is 9.19. The number of fused-ring (bicyclic) bond motifs is 1. The second-order valence-electron chi connectivity index (χ2n) is 9.61. The summed E-state index contributed by atoms with van der Waals surface area (Å²) in [6.07, 6.45) is 0. The van der Waals surface area contributed by atoms with Gasteiger partial charge in [-0.15, -0.1) is 0 Å². The van der Waals surface area contributed by atoms with Crippen molar-refractivity contribution in [2.45, 2.75) is 26.9 Å². The number of aryl methyl sites for hydroxylation is 3. The monoisotopic (exact) mass is 472 g/mol. The van der Waals surface area contributed by atoms with Crippen molar-refractivity contribution in [3.63, 3.8) is 0 Å². The van der Waals surface area contributed by atoms with Crippen LogP contribution in [0.3, 0.4) is 0 Å². The Morgan fingerprint density at radius 2 is 1.51 bits per heavy atom. The van der Waals surface area contributed by atoms with Crippen LogP contribution in [0.4, 0.5) is 5.95 Å². The zero-order valence-electron chi connectivity index (χ0n) is 20.9. The third kappa shape index (κ3) is 4.41. The van der Waals surface area contributed by atoms with Crippen molar-refractivity contribution in [1.29, 1.82) is 0 Å². The Bertz CT molecular complexity index is 1490. The molecule has 8 nitrogen and oxygen atoms in total. The third-order valence-corrected chi connectivity index (χ3v) is 6.93. The minimum absolute atomic E-state index is 0.312. The molecule has 0 unspecified atom stereocenters. The zero-order valence-corrected chi connectivity index (χ0v) is 20.9. The lowest BCUT2D eigenvalue weighted by atomic mass is 10.1. The van der Waals surface area contributed by atoms with Gasteiger partial charge in [0.25, 0.3) is 5.56 Å². The number of rotatable bonds is 5. The molecule has 2 aromatic carbocycles. The molecule has 0 amide bonds. The Kier molecular flexibility index (Phi) is 6.06. The molecule has 0 saturated carbocycles. The second-order valence-corrected chi connectivity index (χ2v) is 9.61. The Morgan fingerprint density at radius 3 is 2.20 bits per heavy atom. The summed E-state index contributed by atoms with van der Waals surface area (Å²) in [6.45, 7) is 9.01. The van der Waals surface area contributed by atoms with E-state index in [1.54, 1.807) is 7.05 Å². The van der Waals surface area contributed by atoms with Crippen LogP contribution in [-0.2, 0) is 27.2 Å². The van der Waals surface area contributed by atoms with E-state index in [9.17, 15) is 9.59 Å². The predicted octanol–water partition coefficient (Wildman–Crippen LogP) is 2.42. The molecule has 1 aliphatic heterocycles. The molecule has 0 aliphatic carbocycles. The Balaban J connectivity index is 1.49. The number of nitrogens with zero attached hydrogens (tertiary/aromatic N) is 6. The smallest absolute Gasteiger partial charge is 0.332 e. The SMILES string of the molecule is Cc1ccc(CN2CCN(c3nc4c(c(=O)n(C)c(=O)n4C)n3Cc3cccc(C)c3)CC2)cc1. The van der Waals surface area contributed by atoms with Gasteiger partial charge in [0, 0.05) is 46.8 Å². The number of hydrogen-bond acceptors (Lipinski definition) is 5. The molecule has 5 rings (SSSR count). The molecule has 1 aliphatic rings. The van der Waals surface area contributed by atoms with Crippen LogP contribution in [0.2, 0.25) is 0 Å². The highest BCUT2D eigenvalue weighted by Crippen LogP contribution is 2.23. The molecule has 3 heterocycles. The van der Waals surface area contributed by atoms with Gasteiger partial charge >= 0.3 is 5.69 Å². The minimum Gasteiger partial charge on any atom is -0.340 e. The van der Waals surface area contributed by atoms with Crippen molar-refractivity contribution < 1.29 is 0 Å². The fourth-order valence-corrected chi connectivity index (χ4v) is 4.88. The highest BCUT2D eigenvalue weighted by molar-refractivity contribution is 5.75. The van der Waals surface area contributed by atoms with Gasteiger partial charge < -0.3 is 4.90 Å². The summed E-state index contributed by atoms with van der Waals surface area (Å²) < 4.78 is 4.63. The molecule has 0 atom stereocenters. The number of aromatic nitrogens is 4. The predicted molar refractivity (Wildman–Crippen MR) is 139 cm³/mol. The van der Waals surface area contributed by atoms with Crippen LogP contribution in [0.1, 0.15) is 22.3 Å². The van der Waals surface area contributed by atoms with Gasteiger partial charge in [-0.25, -0.2) is 4.79 Å². The van der Waals surface area contributed by atoms with Gasteiger partial charge in [-0.3, -0.25) is 23.4 Å². The Hall–Kier alpha value is -3.65. The molecular weight excluding hydrogens is 440 g/mol. The first-order chi connectivity index (χ1) is 16.8. The number of piperazine rings is 1. The van der Waals surface area contributed by atoms with Crippen molar-refractivity contribution in [3.8, 4) is 0 Å². The van der Waals surface area contributed by atoms with Crippen LogP contribution in [-0.4, -0.2) is 49.8 Å². The first kappa shape index (κ1) is 23.1. The molecule has 0 radical (unpaired) electrons. The van der Waals surface area contributed by atoms with Gasteiger partial charge in [-0.05, 0) is 25.0 Å². The van der Waals surface area contributed by atoms with Crippen LogP contribution >= 0.6 is 0 Å². The van der Waals surface area contributed by atoms with E-state index < -0.39 is 0 Å². The third-order valence-electron chi connectivity index (χ3n) is 6.93. The van der Waals surface area contributed by atoms with Gasteiger partial charge in [0.15, 0.2) is 11.2 Å². The average Bonchev–Trinajstić information content (AvgIpc) is 3.22. The summed E-state index contributed by atoms with van der Waals surface area (Å²) in [7, 11) is 3.20. The number of benzene rings is 2. The Labute approximate surface area is 204 Å². The molecule has 2 aromatic heterocycles. The van der Waals surface area contributed by atoms with Crippen LogP contribution in [0.25, 0.3) is 11.2 Å². The fourth-order valence-electron chi connectivity index (χ4n) is 4.88. The van der Waals surface area contributed by atoms with Crippen molar-refractivity contribution in [1.82, 2.24) is 23.6 Å². The lowest BCUT2D eigenvalue weighted by Gasteiger charge is -2.35. The number of anilines is 1. The molecule has 35 heavy (non-hydrogen) atoms. The molecule has 4 aromatic rings. The standard InChI is InChI=1S/C27H32N6O2/c1-19-8-10-21(11-9-19)17-31-12-14-32(15-13-31)26-28-24-23(25(34)30(4)27(35)29(24)3)33(26)18-22-7-5-6-20(2)16-22/h5-11,16H,12-15,17-18H2,1-4H3. The molecule has 0 bridgehead atoms. The van der Waals surface area contributed by atoms with E-state index >= 15 is 0 Å². The van der Waals surface area contributed by atoms with Gasteiger partial charge in [-0.2, -0.15) is 4.98 Å². The largest absolute Gasteiger partial charge is 0.340 e. The van der Waals surface area contributed by atoms with Gasteiger partial charge in [0.05, 0.1) is 6.54 Å². The topological polar surface area (TPSA) is 68.3 Å². The molecule has 1 fully saturated rings. The van der Waals surface area contributed by atoms with Gasteiger partial charge in [0.2, 0.25) is 5.95 Å². The average molecular weight is 473 g/mol. The lowest BCUT2D eigenvalue weighted by molar-refractivity contribution is 0.248. The Morgan fingerprint density at radius 1 is 0.800 bits per heavy atom. The molecular formula is C27H32N6O2. The molecule has 0 N–H and O–H groups in total. The molecule has 1 saturated heterocycles. The maximum atomic E-state index is 13.2. The quantitative estimate of drug-likeness (QED) is 0.446. The molecule has 0 spiro atoms. The molecule has 8 heteroatoms. The first-order valence-corrected chi connectivity index (χ1v) is 12.1. The van der Waals surface area contributed by atoms with Crippen LogP contribution in [0.15, 0.2) is 58.1 Å². The zero-order chi connectivity index (χ0) is 24.7. The summed E-state index contributed by atoms with van der Waals surface area (Å²) in [5.74, 6) is 0.745. The van der Waals surface area contributed by atoms with Crippen molar-refractivity contribution in [3.05, 3.63) is 91.6 Å². The van der Waals surface area contributed by atoms with Crippen molar-refractivity contribution in [2.24, 2.45) is 14.1 Å². The van der Waals surface area contributed by atoms with E-state index in [0.717, 1.165) is 44.2 Å². The van der Waals surface area contributed by atoms with E-state index in [4.69, 9.17) is 4.98 Å². The van der Waals surface area contributed by atoms with Crippen LogP contribution in [0, 0.1) is 13.8 Å². The number of imidazole rings is 1. The minimum atomic E-state index is -0.364. The first-order valence-electron chi connectivity index (χ1n) is 12.1. The summed E-state index contributed by atoms with van der Waals surface area (Å²) in [5.41, 5.74) is 5.07. The highest BCUT2D eigenvalue weighted by Gasteiger charge is 2.26. The highest BCUT2D eigenvalue weighted by atomic mass is 16.2.